The lowest BCUT2D eigenvalue weighted by atomic mass is 10.1. The zero-order valence-corrected chi connectivity index (χ0v) is 7.76. The molecule has 0 amide bonds. The highest BCUT2D eigenvalue weighted by atomic mass is 32.2. The predicted molar refractivity (Wildman–Crippen MR) is 47.3 cm³/mol. The number of carboxylic acids is 1. The van der Waals surface area contributed by atoms with E-state index < -0.39 is 11.5 Å². The molecule has 0 bridgehead atoms. The highest BCUT2D eigenvalue weighted by molar-refractivity contribution is 8.00. The van der Waals surface area contributed by atoms with Crippen molar-refractivity contribution in [2.45, 2.75) is 17.7 Å². The predicted octanol–water partition coefficient (Wildman–Crippen LogP) is -0.0796. The molecule has 1 saturated heterocycles. The standard InChI is InChI=1S/C7H13NO3S/c1-7(8,6(9)10)4-12-5-2-11-3-5/h5H,2-4,8H2,1H3,(H,9,10). The number of thioether (sulfide) groups is 1. The normalized spacial score (nSPS) is 22.8. The maximum absolute atomic E-state index is 10.6. The molecular weight excluding hydrogens is 178 g/mol. The Hall–Kier alpha value is -0.260. The molecule has 3 N–H and O–H groups in total. The monoisotopic (exact) mass is 191 g/mol. The van der Waals surface area contributed by atoms with Crippen molar-refractivity contribution < 1.29 is 14.6 Å². The number of carbonyl (C=O) groups is 1. The Morgan fingerprint density at radius 1 is 1.83 bits per heavy atom. The number of hydrogen-bond acceptors (Lipinski definition) is 4. The van der Waals surface area contributed by atoms with Gasteiger partial charge in [-0.2, -0.15) is 11.8 Å². The van der Waals surface area contributed by atoms with Crippen LogP contribution in [0.1, 0.15) is 6.92 Å². The first-order chi connectivity index (χ1) is 5.52. The van der Waals surface area contributed by atoms with E-state index in [9.17, 15) is 4.79 Å². The first-order valence-electron chi connectivity index (χ1n) is 3.74. The molecule has 5 heteroatoms. The molecule has 12 heavy (non-hydrogen) atoms. The Labute approximate surface area is 75.5 Å². The summed E-state index contributed by atoms with van der Waals surface area (Å²) in [5.74, 6) is -0.508. The van der Waals surface area contributed by atoms with Crippen molar-refractivity contribution in [1.82, 2.24) is 0 Å². The van der Waals surface area contributed by atoms with Crippen LogP contribution in [0.4, 0.5) is 0 Å². The Kier molecular flexibility index (Phi) is 2.98. The lowest BCUT2D eigenvalue weighted by Crippen LogP contribution is -2.48. The number of rotatable bonds is 4. The molecule has 1 aliphatic rings. The lowest BCUT2D eigenvalue weighted by molar-refractivity contribution is -0.141. The summed E-state index contributed by atoms with van der Waals surface area (Å²) in [5.41, 5.74) is 4.41. The third-order valence-corrected chi connectivity index (χ3v) is 3.22. The summed E-state index contributed by atoms with van der Waals surface area (Å²) in [6.45, 7) is 2.97. The number of carboxylic acid groups (broad SMARTS) is 1. The molecule has 0 spiro atoms. The molecule has 1 fully saturated rings. The Morgan fingerprint density at radius 2 is 2.42 bits per heavy atom. The second kappa shape index (κ2) is 3.64. The van der Waals surface area contributed by atoms with E-state index in [0.717, 1.165) is 13.2 Å². The molecule has 0 aromatic heterocycles. The molecule has 1 heterocycles. The fourth-order valence-electron chi connectivity index (χ4n) is 0.663. The van der Waals surface area contributed by atoms with Gasteiger partial charge in [0.1, 0.15) is 5.54 Å². The summed E-state index contributed by atoms with van der Waals surface area (Å²) in [5, 5.41) is 9.11. The van der Waals surface area contributed by atoms with E-state index in [1.165, 1.54) is 6.92 Å². The number of nitrogens with two attached hydrogens (primary N) is 1. The number of hydrogen-bond donors (Lipinski definition) is 2. The largest absolute Gasteiger partial charge is 0.480 e. The molecule has 0 aromatic rings. The van der Waals surface area contributed by atoms with Crippen LogP contribution < -0.4 is 5.73 Å². The molecule has 1 unspecified atom stereocenters. The summed E-state index contributed by atoms with van der Waals surface area (Å²) in [6, 6.07) is 0. The summed E-state index contributed by atoms with van der Waals surface area (Å²) in [7, 11) is 0. The van der Waals surface area contributed by atoms with E-state index >= 15 is 0 Å². The number of ether oxygens (including phenoxy) is 1. The maximum atomic E-state index is 10.6. The van der Waals surface area contributed by atoms with Crippen LogP contribution in [0.5, 0.6) is 0 Å². The fourth-order valence-corrected chi connectivity index (χ4v) is 1.75. The highest BCUT2D eigenvalue weighted by Gasteiger charge is 2.30. The van der Waals surface area contributed by atoms with E-state index in [1.807, 2.05) is 0 Å². The van der Waals surface area contributed by atoms with Crippen molar-refractivity contribution >= 4 is 17.7 Å². The van der Waals surface area contributed by atoms with Crippen LogP contribution >= 0.6 is 11.8 Å². The maximum Gasteiger partial charge on any atom is 0.324 e. The third kappa shape index (κ3) is 2.36. The van der Waals surface area contributed by atoms with Crippen molar-refractivity contribution in [1.29, 1.82) is 0 Å². The van der Waals surface area contributed by atoms with Crippen molar-refractivity contribution in [2.24, 2.45) is 5.73 Å². The summed E-state index contributed by atoms with van der Waals surface area (Å²) in [6.07, 6.45) is 0. The second-order valence-electron chi connectivity index (χ2n) is 3.19. The first kappa shape index (κ1) is 9.83. The van der Waals surface area contributed by atoms with Gasteiger partial charge in [0.05, 0.1) is 18.5 Å². The first-order valence-corrected chi connectivity index (χ1v) is 4.79. The van der Waals surface area contributed by atoms with E-state index in [0.29, 0.717) is 11.0 Å². The van der Waals surface area contributed by atoms with Gasteiger partial charge in [-0.15, -0.1) is 0 Å². The zero-order chi connectivity index (χ0) is 9.19. The molecule has 1 aliphatic heterocycles. The van der Waals surface area contributed by atoms with E-state index in [4.69, 9.17) is 15.6 Å². The van der Waals surface area contributed by atoms with Crippen LogP contribution in [0.25, 0.3) is 0 Å². The third-order valence-electron chi connectivity index (χ3n) is 1.71. The van der Waals surface area contributed by atoms with Gasteiger partial charge in [0, 0.05) is 5.75 Å². The summed E-state index contributed by atoms with van der Waals surface area (Å²) < 4.78 is 4.95. The molecule has 0 saturated carbocycles. The Morgan fingerprint density at radius 3 is 2.75 bits per heavy atom. The van der Waals surface area contributed by atoms with E-state index in [2.05, 4.69) is 0 Å². The van der Waals surface area contributed by atoms with Crippen molar-refractivity contribution in [3.05, 3.63) is 0 Å². The summed E-state index contributed by atoms with van der Waals surface area (Å²) >= 11 is 1.57. The Balaban J connectivity index is 2.24. The molecular formula is C7H13NO3S. The Bertz CT molecular complexity index is 179. The quantitative estimate of drug-likeness (QED) is 0.650. The van der Waals surface area contributed by atoms with Crippen molar-refractivity contribution in [3.8, 4) is 0 Å². The van der Waals surface area contributed by atoms with Gasteiger partial charge in [-0.3, -0.25) is 4.79 Å². The van der Waals surface area contributed by atoms with Gasteiger partial charge in [0.25, 0.3) is 0 Å². The van der Waals surface area contributed by atoms with Gasteiger partial charge in [-0.1, -0.05) is 0 Å². The SMILES string of the molecule is CC(N)(CSC1COC1)C(=O)O. The van der Waals surface area contributed by atoms with Gasteiger partial charge in [0.2, 0.25) is 0 Å². The van der Waals surface area contributed by atoms with Gasteiger partial charge in [0.15, 0.2) is 0 Å². The highest BCUT2D eigenvalue weighted by Crippen LogP contribution is 2.22. The average molecular weight is 191 g/mol. The van der Waals surface area contributed by atoms with Crippen LogP contribution in [-0.4, -0.2) is 40.8 Å². The minimum atomic E-state index is -1.11. The van der Waals surface area contributed by atoms with Crippen LogP contribution in [-0.2, 0) is 9.53 Å². The van der Waals surface area contributed by atoms with Gasteiger partial charge in [-0.25, -0.2) is 0 Å². The lowest BCUT2D eigenvalue weighted by Gasteiger charge is -2.28. The molecule has 70 valence electrons. The summed E-state index contributed by atoms with van der Waals surface area (Å²) in [4.78, 5) is 10.6. The molecule has 0 aromatic carbocycles. The van der Waals surface area contributed by atoms with E-state index in [1.54, 1.807) is 11.8 Å². The van der Waals surface area contributed by atoms with Crippen LogP contribution in [0.15, 0.2) is 0 Å². The minimum absolute atomic E-state index is 0.437. The second-order valence-corrected chi connectivity index (χ2v) is 4.48. The van der Waals surface area contributed by atoms with Crippen molar-refractivity contribution in [2.75, 3.05) is 19.0 Å². The topological polar surface area (TPSA) is 72.5 Å². The zero-order valence-electron chi connectivity index (χ0n) is 6.95. The molecule has 4 nitrogen and oxygen atoms in total. The van der Waals surface area contributed by atoms with Crippen LogP contribution in [0.2, 0.25) is 0 Å². The van der Waals surface area contributed by atoms with Gasteiger partial charge in [-0.05, 0) is 6.92 Å². The minimum Gasteiger partial charge on any atom is -0.480 e. The van der Waals surface area contributed by atoms with Gasteiger partial charge >= 0.3 is 5.97 Å². The van der Waals surface area contributed by atoms with Gasteiger partial charge < -0.3 is 15.6 Å². The molecule has 0 radical (unpaired) electrons. The fraction of sp³-hybridized carbons (Fsp3) is 0.857. The van der Waals surface area contributed by atoms with E-state index in [-0.39, 0.29) is 0 Å². The average Bonchev–Trinajstić information content (AvgIpc) is 1.83. The molecule has 0 aliphatic carbocycles. The molecule has 1 atom stereocenters. The van der Waals surface area contributed by atoms with Crippen LogP contribution in [0.3, 0.4) is 0 Å². The van der Waals surface area contributed by atoms with Crippen molar-refractivity contribution in [3.63, 3.8) is 0 Å². The number of aliphatic carboxylic acids is 1. The smallest absolute Gasteiger partial charge is 0.324 e. The molecule has 1 rings (SSSR count). The van der Waals surface area contributed by atoms with Crippen LogP contribution in [0, 0.1) is 0 Å².